The molecule has 108 valence electrons. The Kier molecular flexibility index (Phi) is 4.98. The Morgan fingerprint density at radius 3 is 2.14 bits per heavy atom. The fourth-order valence-corrected chi connectivity index (χ4v) is 1.70. The first kappa shape index (κ1) is 14.6. The highest BCUT2D eigenvalue weighted by Gasteiger charge is 2.11. The first-order valence-corrected chi connectivity index (χ1v) is 6.56. The van der Waals surface area contributed by atoms with E-state index < -0.39 is 0 Å². The summed E-state index contributed by atoms with van der Waals surface area (Å²) in [5.41, 5.74) is 0.978. The molecule has 2 rings (SSSR count). The number of hydrogen-bond donors (Lipinski definition) is 2. The van der Waals surface area contributed by atoms with Crippen molar-refractivity contribution < 1.29 is 9.59 Å². The minimum atomic E-state index is -0.217. The SMILES string of the molecule is C[C@@H](CNC(=O)c1cccnc1)NC(=O)c1cccnc1. The molecule has 0 spiro atoms. The monoisotopic (exact) mass is 284 g/mol. The normalized spacial score (nSPS) is 11.5. The zero-order valence-electron chi connectivity index (χ0n) is 11.6. The maximum Gasteiger partial charge on any atom is 0.253 e. The van der Waals surface area contributed by atoms with E-state index in [2.05, 4.69) is 20.6 Å². The van der Waals surface area contributed by atoms with Gasteiger partial charge in [-0.1, -0.05) is 0 Å². The molecule has 2 heterocycles. The molecule has 0 aliphatic rings. The van der Waals surface area contributed by atoms with Crippen molar-refractivity contribution in [2.45, 2.75) is 13.0 Å². The summed E-state index contributed by atoms with van der Waals surface area (Å²) in [5.74, 6) is -0.434. The fourth-order valence-electron chi connectivity index (χ4n) is 1.70. The Bertz CT molecular complexity index is 602. The first-order valence-electron chi connectivity index (χ1n) is 6.56. The molecule has 6 heteroatoms. The van der Waals surface area contributed by atoms with Crippen molar-refractivity contribution in [3.63, 3.8) is 0 Å². The van der Waals surface area contributed by atoms with Gasteiger partial charge in [0.05, 0.1) is 11.1 Å². The highest BCUT2D eigenvalue weighted by molar-refractivity contribution is 5.95. The summed E-state index contributed by atoms with van der Waals surface area (Å²) in [6.45, 7) is 2.15. The summed E-state index contributed by atoms with van der Waals surface area (Å²) < 4.78 is 0. The quantitative estimate of drug-likeness (QED) is 0.858. The van der Waals surface area contributed by atoms with E-state index >= 15 is 0 Å². The van der Waals surface area contributed by atoms with Crippen LogP contribution in [0.15, 0.2) is 49.1 Å². The Morgan fingerprint density at radius 2 is 1.62 bits per heavy atom. The second kappa shape index (κ2) is 7.14. The van der Waals surface area contributed by atoms with E-state index in [1.54, 1.807) is 36.7 Å². The Balaban J connectivity index is 1.81. The van der Waals surface area contributed by atoms with Crippen molar-refractivity contribution >= 4 is 11.8 Å². The number of pyridine rings is 2. The molecule has 2 N–H and O–H groups in total. The topological polar surface area (TPSA) is 84.0 Å². The summed E-state index contributed by atoms with van der Waals surface area (Å²) in [4.78, 5) is 31.5. The standard InChI is InChI=1S/C15H16N4O2/c1-11(19-15(21)13-5-3-7-17-10-13)8-18-14(20)12-4-2-6-16-9-12/h2-7,9-11H,8H2,1H3,(H,18,20)(H,19,21)/t11-/m0/s1. The molecule has 2 aromatic heterocycles. The van der Waals surface area contributed by atoms with Gasteiger partial charge in [-0.3, -0.25) is 19.6 Å². The lowest BCUT2D eigenvalue weighted by atomic mass is 10.2. The van der Waals surface area contributed by atoms with Gasteiger partial charge in [0.1, 0.15) is 0 Å². The van der Waals surface area contributed by atoms with E-state index in [4.69, 9.17) is 0 Å². The number of carbonyl (C=O) groups excluding carboxylic acids is 2. The molecule has 0 saturated heterocycles. The summed E-state index contributed by atoms with van der Waals surface area (Å²) in [5, 5.41) is 5.54. The third-order valence-corrected chi connectivity index (χ3v) is 2.79. The molecule has 1 atom stereocenters. The van der Waals surface area contributed by atoms with Crippen LogP contribution in [0.5, 0.6) is 0 Å². The van der Waals surface area contributed by atoms with E-state index in [0.29, 0.717) is 17.7 Å². The first-order chi connectivity index (χ1) is 10.2. The molecular weight excluding hydrogens is 268 g/mol. The van der Waals surface area contributed by atoms with Crippen molar-refractivity contribution in [2.75, 3.05) is 6.54 Å². The molecule has 0 aliphatic heterocycles. The molecule has 2 amide bonds. The average Bonchev–Trinajstić information content (AvgIpc) is 2.54. The molecule has 0 fully saturated rings. The second-order valence-corrected chi connectivity index (χ2v) is 4.57. The van der Waals surface area contributed by atoms with E-state index in [-0.39, 0.29) is 17.9 Å². The molecule has 6 nitrogen and oxygen atoms in total. The van der Waals surface area contributed by atoms with Crippen LogP contribution in [0.2, 0.25) is 0 Å². The van der Waals surface area contributed by atoms with Crippen LogP contribution in [0.1, 0.15) is 27.6 Å². The maximum atomic E-state index is 11.9. The lowest BCUT2D eigenvalue weighted by molar-refractivity contribution is 0.0912. The van der Waals surface area contributed by atoms with Crippen LogP contribution >= 0.6 is 0 Å². The Hall–Kier alpha value is -2.76. The van der Waals surface area contributed by atoms with Gasteiger partial charge in [0, 0.05) is 37.4 Å². The minimum Gasteiger partial charge on any atom is -0.350 e. The predicted octanol–water partition coefficient (Wildman–Crippen LogP) is 1.02. The smallest absolute Gasteiger partial charge is 0.253 e. The van der Waals surface area contributed by atoms with Gasteiger partial charge in [-0.05, 0) is 31.2 Å². The van der Waals surface area contributed by atoms with Crippen LogP contribution < -0.4 is 10.6 Å². The third-order valence-electron chi connectivity index (χ3n) is 2.79. The van der Waals surface area contributed by atoms with Crippen molar-refractivity contribution in [3.8, 4) is 0 Å². The molecule has 0 aromatic carbocycles. The summed E-state index contributed by atoms with van der Waals surface area (Å²) in [6.07, 6.45) is 6.20. The molecule has 0 saturated carbocycles. The highest BCUT2D eigenvalue weighted by Crippen LogP contribution is 1.97. The van der Waals surface area contributed by atoms with Crippen molar-refractivity contribution in [1.29, 1.82) is 0 Å². The molecule has 21 heavy (non-hydrogen) atoms. The minimum absolute atomic E-state index is 0.196. The van der Waals surface area contributed by atoms with Crippen LogP contribution in [-0.4, -0.2) is 34.4 Å². The van der Waals surface area contributed by atoms with Gasteiger partial charge in [-0.15, -0.1) is 0 Å². The van der Waals surface area contributed by atoms with Crippen molar-refractivity contribution in [2.24, 2.45) is 0 Å². The Labute approximate surface area is 122 Å². The average molecular weight is 284 g/mol. The summed E-state index contributed by atoms with van der Waals surface area (Å²) in [6, 6.07) is 6.56. The van der Waals surface area contributed by atoms with Crippen LogP contribution in [0.3, 0.4) is 0 Å². The molecular formula is C15H16N4O2. The number of rotatable bonds is 5. The van der Waals surface area contributed by atoms with Crippen LogP contribution in [0.25, 0.3) is 0 Å². The number of nitrogens with one attached hydrogen (secondary N) is 2. The second-order valence-electron chi connectivity index (χ2n) is 4.57. The van der Waals surface area contributed by atoms with Crippen LogP contribution in [0.4, 0.5) is 0 Å². The van der Waals surface area contributed by atoms with Gasteiger partial charge in [0.2, 0.25) is 0 Å². The number of aromatic nitrogens is 2. The highest BCUT2D eigenvalue weighted by atomic mass is 16.2. The number of amides is 2. The lowest BCUT2D eigenvalue weighted by Gasteiger charge is -2.14. The summed E-state index contributed by atoms with van der Waals surface area (Å²) in [7, 11) is 0. The van der Waals surface area contributed by atoms with E-state index in [1.165, 1.54) is 12.4 Å². The molecule has 0 bridgehead atoms. The molecule has 0 aliphatic carbocycles. The van der Waals surface area contributed by atoms with Crippen LogP contribution in [0, 0.1) is 0 Å². The lowest BCUT2D eigenvalue weighted by Crippen LogP contribution is -2.41. The Morgan fingerprint density at radius 1 is 1.05 bits per heavy atom. The number of nitrogens with zero attached hydrogens (tertiary/aromatic N) is 2. The van der Waals surface area contributed by atoms with E-state index in [9.17, 15) is 9.59 Å². The zero-order valence-corrected chi connectivity index (χ0v) is 11.6. The molecule has 2 aromatic rings. The number of carbonyl (C=O) groups is 2. The van der Waals surface area contributed by atoms with Gasteiger partial charge >= 0.3 is 0 Å². The summed E-state index contributed by atoms with van der Waals surface area (Å²) >= 11 is 0. The van der Waals surface area contributed by atoms with Gasteiger partial charge in [-0.25, -0.2) is 0 Å². The van der Waals surface area contributed by atoms with Crippen molar-refractivity contribution in [3.05, 3.63) is 60.2 Å². The largest absolute Gasteiger partial charge is 0.350 e. The maximum absolute atomic E-state index is 11.9. The van der Waals surface area contributed by atoms with Crippen molar-refractivity contribution in [1.82, 2.24) is 20.6 Å². The molecule has 0 radical (unpaired) electrons. The van der Waals surface area contributed by atoms with Gasteiger partial charge in [-0.2, -0.15) is 0 Å². The predicted molar refractivity (Wildman–Crippen MR) is 77.7 cm³/mol. The molecule has 0 unspecified atom stereocenters. The number of hydrogen-bond acceptors (Lipinski definition) is 4. The van der Waals surface area contributed by atoms with Gasteiger partial charge in [0.15, 0.2) is 0 Å². The van der Waals surface area contributed by atoms with E-state index in [0.717, 1.165) is 0 Å². The zero-order chi connectivity index (χ0) is 15.1. The third kappa shape index (κ3) is 4.38. The van der Waals surface area contributed by atoms with Gasteiger partial charge in [0.25, 0.3) is 11.8 Å². The van der Waals surface area contributed by atoms with Gasteiger partial charge < -0.3 is 10.6 Å². The van der Waals surface area contributed by atoms with Crippen LogP contribution in [-0.2, 0) is 0 Å². The fraction of sp³-hybridized carbons (Fsp3) is 0.200. The van der Waals surface area contributed by atoms with E-state index in [1.807, 2.05) is 6.92 Å².